The highest BCUT2D eigenvalue weighted by Crippen LogP contribution is 2.31. The Hall–Kier alpha value is -1.17. The Kier molecular flexibility index (Phi) is 3.67. The monoisotopic (exact) mass is 340 g/mol. The van der Waals surface area contributed by atoms with E-state index in [2.05, 4.69) is 30.3 Å². The summed E-state index contributed by atoms with van der Waals surface area (Å²) in [5.74, 6) is -0.440. The van der Waals surface area contributed by atoms with Crippen molar-refractivity contribution in [2.75, 3.05) is 0 Å². The van der Waals surface area contributed by atoms with Crippen molar-refractivity contribution in [3.05, 3.63) is 50.1 Å². The van der Waals surface area contributed by atoms with Gasteiger partial charge in [0.2, 0.25) is 0 Å². The number of nitrogens with one attached hydrogen (secondary N) is 1. The average molecular weight is 341 g/mol. The Bertz CT molecular complexity index is 847. The first-order valence-electron chi connectivity index (χ1n) is 6.50. The SMILES string of the molecule is CC(C)(Cn1c(=S)[nH]c2cc(F)c(Cl)cc21)c1cccs1. The van der Waals surface area contributed by atoms with E-state index in [-0.39, 0.29) is 10.4 Å². The van der Waals surface area contributed by atoms with Gasteiger partial charge in [-0.05, 0) is 29.7 Å². The maximum Gasteiger partial charge on any atom is 0.178 e. The quantitative estimate of drug-likeness (QED) is 0.621. The van der Waals surface area contributed by atoms with Gasteiger partial charge in [-0.2, -0.15) is 0 Å². The van der Waals surface area contributed by atoms with Gasteiger partial charge < -0.3 is 9.55 Å². The molecule has 1 aromatic carbocycles. The third-order valence-electron chi connectivity index (χ3n) is 3.56. The molecule has 0 amide bonds. The van der Waals surface area contributed by atoms with Crippen molar-refractivity contribution in [3.63, 3.8) is 0 Å². The molecule has 1 N–H and O–H groups in total. The zero-order valence-corrected chi connectivity index (χ0v) is 14.0. The van der Waals surface area contributed by atoms with Gasteiger partial charge in [0.05, 0.1) is 16.1 Å². The predicted molar refractivity (Wildman–Crippen MR) is 89.4 cm³/mol. The van der Waals surface area contributed by atoms with E-state index in [1.54, 1.807) is 17.4 Å². The standard InChI is InChI=1S/C15H14ClFN2S2/c1-15(2,13-4-3-5-21-13)8-19-12-6-9(16)10(17)7-11(12)18-14(19)20/h3-7H,8H2,1-2H3,(H,18,20). The molecule has 21 heavy (non-hydrogen) atoms. The lowest BCUT2D eigenvalue weighted by molar-refractivity contribution is 0.447. The molecule has 0 saturated heterocycles. The van der Waals surface area contributed by atoms with Gasteiger partial charge in [-0.15, -0.1) is 11.3 Å². The third-order valence-corrected chi connectivity index (χ3v) is 5.41. The summed E-state index contributed by atoms with van der Waals surface area (Å²) in [5.41, 5.74) is 1.43. The first kappa shape index (κ1) is 14.8. The molecule has 0 saturated carbocycles. The normalized spacial score (nSPS) is 12.2. The number of aromatic nitrogens is 2. The minimum Gasteiger partial charge on any atom is -0.330 e. The molecule has 0 unspecified atom stereocenters. The lowest BCUT2D eigenvalue weighted by Gasteiger charge is -2.24. The van der Waals surface area contributed by atoms with Gasteiger partial charge in [-0.1, -0.05) is 31.5 Å². The number of aromatic amines is 1. The summed E-state index contributed by atoms with van der Waals surface area (Å²) in [6.45, 7) is 5.05. The first-order valence-corrected chi connectivity index (χ1v) is 8.16. The Balaban J connectivity index is 2.11. The number of nitrogens with zero attached hydrogens (tertiary/aromatic N) is 1. The average Bonchev–Trinajstić information content (AvgIpc) is 3.02. The van der Waals surface area contributed by atoms with Crippen LogP contribution in [0.5, 0.6) is 0 Å². The molecule has 0 bridgehead atoms. The molecule has 2 aromatic heterocycles. The second kappa shape index (κ2) is 5.23. The minimum absolute atomic E-state index is 0.0671. The van der Waals surface area contributed by atoms with Crippen LogP contribution in [0.3, 0.4) is 0 Å². The third kappa shape index (κ3) is 2.65. The van der Waals surface area contributed by atoms with Crippen LogP contribution in [0.15, 0.2) is 29.6 Å². The van der Waals surface area contributed by atoms with Crippen LogP contribution in [-0.4, -0.2) is 9.55 Å². The highest BCUT2D eigenvalue weighted by atomic mass is 35.5. The van der Waals surface area contributed by atoms with Gasteiger partial charge in [0.1, 0.15) is 5.82 Å². The predicted octanol–water partition coefficient (Wildman–Crippen LogP) is 5.53. The fourth-order valence-electron chi connectivity index (χ4n) is 2.45. The van der Waals surface area contributed by atoms with Gasteiger partial charge >= 0.3 is 0 Å². The van der Waals surface area contributed by atoms with Gasteiger partial charge in [0, 0.05) is 22.9 Å². The summed E-state index contributed by atoms with van der Waals surface area (Å²) in [7, 11) is 0. The smallest absolute Gasteiger partial charge is 0.178 e. The van der Waals surface area contributed by atoms with E-state index in [9.17, 15) is 4.39 Å². The Morgan fingerprint density at radius 3 is 2.86 bits per heavy atom. The number of imidazole rings is 1. The zero-order valence-electron chi connectivity index (χ0n) is 11.6. The number of thiophene rings is 1. The van der Waals surface area contributed by atoms with Crippen molar-refractivity contribution in [1.29, 1.82) is 0 Å². The summed E-state index contributed by atoms with van der Waals surface area (Å²) in [4.78, 5) is 4.33. The van der Waals surface area contributed by atoms with Gasteiger partial charge in [-0.3, -0.25) is 0 Å². The molecule has 0 spiro atoms. The van der Waals surface area contributed by atoms with Crippen LogP contribution in [0.1, 0.15) is 18.7 Å². The minimum atomic E-state index is -0.440. The van der Waals surface area contributed by atoms with Crippen molar-refractivity contribution >= 4 is 46.2 Å². The molecule has 3 rings (SSSR count). The molecule has 6 heteroatoms. The fourth-order valence-corrected chi connectivity index (χ4v) is 3.72. The van der Waals surface area contributed by atoms with E-state index >= 15 is 0 Å². The van der Waals surface area contributed by atoms with E-state index < -0.39 is 5.82 Å². The molecule has 2 nitrogen and oxygen atoms in total. The Labute approximate surface area is 136 Å². The first-order chi connectivity index (χ1) is 9.88. The van der Waals surface area contributed by atoms with Gasteiger partial charge in [0.25, 0.3) is 0 Å². The second-order valence-electron chi connectivity index (χ2n) is 5.66. The largest absolute Gasteiger partial charge is 0.330 e. The molecule has 0 fully saturated rings. The van der Waals surface area contributed by atoms with Crippen LogP contribution in [0.25, 0.3) is 11.0 Å². The Morgan fingerprint density at radius 2 is 2.19 bits per heavy atom. The molecular weight excluding hydrogens is 327 g/mol. The molecule has 0 aliphatic carbocycles. The fraction of sp³-hybridized carbons (Fsp3) is 0.267. The number of hydrogen-bond acceptors (Lipinski definition) is 2. The van der Waals surface area contributed by atoms with Crippen LogP contribution in [0, 0.1) is 10.6 Å². The van der Waals surface area contributed by atoms with Gasteiger partial charge in [0.15, 0.2) is 4.77 Å². The number of H-pyrrole nitrogens is 1. The summed E-state index contributed by atoms with van der Waals surface area (Å²) in [5, 5.41) is 2.18. The lowest BCUT2D eigenvalue weighted by Crippen LogP contribution is -2.23. The van der Waals surface area contributed by atoms with E-state index in [0.29, 0.717) is 16.8 Å². The zero-order chi connectivity index (χ0) is 15.2. The van der Waals surface area contributed by atoms with E-state index in [1.165, 1.54) is 10.9 Å². The summed E-state index contributed by atoms with van der Waals surface area (Å²) in [6, 6.07) is 7.18. The molecule has 0 radical (unpaired) electrons. The van der Waals surface area contributed by atoms with Gasteiger partial charge in [-0.25, -0.2) is 4.39 Å². The van der Waals surface area contributed by atoms with Crippen LogP contribution in [0.2, 0.25) is 5.02 Å². The van der Waals surface area contributed by atoms with Crippen molar-refractivity contribution in [2.24, 2.45) is 0 Å². The molecule has 2 heterocycles. The van der Waals surface area contributed by atoms with Crippen molar-refractivity contribution < 1.29 is 4.39 Å². The number of hydrogen-bond donors (Lipinski definition) is 1. The van der Waals surface area contributed by atoms with Crippen molar-refractivity contribution in [1.82, 2.24) is 9.55 Å². The molecular formula is C15H14ClFN2S2. The van der Waals surface area contributed by atoms with E-state index in [1.807, 2.05) is 10.6 Å². The van der Waals surface area contributed by atoms with E-state index in [0.717, 1.165) is 5.52 Å². The van der Waals surface area contributed by atoms with Crippen LogP contribution < -0.4 is 0 Å². The summed E-state index contributed by atoms with van der Waals surface area (Å²) in [6.07, 6.45) is 0. The van der Waals surface area contributed by atoms with Crippen LogP contribution >= 0.6 is 35.2 Å². The second-order valence-corrected chi connectivity index (χ2v) is 7.40. The molecule has 110 valence electrons. The summed E-state index contributed by atoms with van der Waals surface area (Å²) >= 11 is 13.0. The number of rotatable bonds is 3. The maximum absolute atomic E-state index is 13.6. The number of fused-ring (bicyclic) bond motifs is 1. The maximum atomic E-state index is 13.6. The lowest BCUT2D eigenvalue weighted by atomic mass is 9.91. The molecule has 3 aromatic rings. The van der Waals surface area contributed by atoms with Crippen molar-refractivity contribution in [3.8, 4) is 0 Å². The molecule has 0 atom stereocenters. The molecule has 0 aliphatic rings. The summed E-state index contributed by atoms with van der Waals surface area (Å²) < 4.78 is 16.1. The number of halogens is 2. The van der Waals surface area contributed by atoms with Crippen LogP contribution in [-0.2, 0) is 12.0 Å². The highest BCUT2D eigenvalue weighted by Gasteiger charge is 2.24. The Morgan fingerprint density at radius 1 is 1.43 bits per heavy atom. The number of benzene rings is 1. The van der Waals surface area contributed by atoms with Crippen molar-refractivity contribution in [2.45, 2.75) is 25.8 Å². The topological polar surface area (TPSA) is 20.7 Å². The van der Waals surface area contributed by atoms with Crippen LogP contribution in [0.4, 0.5) is 4.39 Å². The van der Waals surface area contributed by atoms with E-state index in [4.69, 9.17) is 23.8 Å². The molecule has 0 aliphatic heterocycles. The highest BCUT2D eigenvalue weighted by molar-refractivity contribution is 7.71.